The van der Waals surface area contributed by atoms with Crippen LogP contribution in [0.2, 0.25) is 5.02 Å². The molecule has 1 aliphatic rings. The lowest BCUT2D eigenvalue weighted by Gasteiger charge is -2.28. The molecule has 0 aliphatic carbocycles. The number of hydrogen-bond acceptors (Lipinski definition) is 6. The molecule has 0 spiro atoms. The number of nitrogens with zero attached hydrogens (tertiary/aromatic N) is 3. The molecule has 7 nitrogen and oxygen atoms in total. The molecule has 1 saturated heterocycles. The summed E-state index contributed by atoms with van der Waals surface area (Å²) < 4.78 is 20.9. The number of nitrogens with two attached hydrogens (primary N) is 1. The summed E-state index contributed by atoms with van der Waals surface area (Å²) in [6.07, 6.45) is 0. The Hall–Kier alpha value is -2.68. The molecule has 0 radical (unpaired) electrons. The van der Waals surface area contributed by atoms with Gasteiger partial charge in [0.15, 0.2) is 0 Å². The molecule has 0 atom stereocenters. The highest BCUT2D eigenvalue weighted by molar-refractivity contribution is 6.30. The Kier molecular flexibility index (Phi) is 5.40. The minimum atomic E-state index is -0.585. The van der Waals surface area contributed by atoms with Crippen molar-refractivity contribution in [3.63, 3.8) is 0 Å². The van der Waals surface area contributed by atoms with Gasteiger partial charge in [-0.2, -0.15) is 0 Å². The molecule has 1 fully saturated rings. The zero-order valence-corrected chi connectivity index (χ0v) is 16.7. The van der Waals surface area contributed by atoms with Crippen LogP contribution in [0, 0.1) is 5.82 Å². The van der Waals surface area contributed by atoms with E-state index in [9.17, 15) is 9.18 Å². The molecular weight excluding hydrogens is 397 g/mol. The predicted octanol–water partition coefficient (Wildman–Crippen LogP) is 2.17. The number of halogens is 2. The molecule has 1 aromatic heterocycles. The van der Waals surface area contributed by atoms with E-state index in [1.807, 2.05) is 0 Å². The van der Waals surface area contributed by atoms with Crippen LogP contribution in [-0.2, 0) is 6.54 Å². The molecule has 2 heterocycles. The van der Waals surface area contributed by atoms with Crippen LogP contribution in [0.5, 0.6) is 5.75 Å². The smallest absolute Gasteiger partial charge is 0.266 e. The maximum Gasteiger partial charge on any atom is 0.266 e. The number of nitrogen functional groups attached to an aromatic ring is 1. The molecule has 3 aromatic rings. The zero-order chi connectivity index (χ0) is 20.5. The maximum absolute atomic E-state index is 14.0. The van der Waals surface area contributed by atoms with Crippen molar-refractivity contribution in [3.8, 4) is 11.4 Å². The van der Waals surface area contributed by atoms with Gasteiger partial charge in [-0.1, -0.05) is 11.6 Å². The summed E-state index contributed by atoms with van der Waals surface area (Å²) in [6.45, 7) is 3.80. The Balaban J connectivity index is 1.98. The minimum Gasteiger partial charge on any atom is -0.495 e. The first-order valence-corrected chi connectivity index (χ1v) is 9.63. The molecule has 0 bridgehead atoms. The van der Waals surface area contributed by atoms with Crippen molar-refractivity contribution in [1.82, 2.24) is 19.8 Å². The zero-order valence-electron chi connectivity index (χ0n) is 15.9. The Bertz CT molecular complexity index is 1130. The quantitative estimate of drug-likeness (QED) is 0.633. The van der Waals surface area contributed by atoms with Crippen LogP contribution in [0.25, 0.3) is 16.6 Å². The summed E-state index contributed by atoms with van der Waals surface area (Å²) in [6, 6.07) is 7.33. The number of methoxy groups -OCH3 is 1. The number of piperazine rings is 1. The normalized spacial score (nSPS) is 15.0. The lowest BCUT2D eigenvalue weighted by atomic mass is 10.2. The van der Waals surface area contributed by atoms with E-state index in [0.717, 1.165) is 32.2 Å². The number of ether oxygens (including phenoxy) is 1. The third-order valence-electron chi connectivity index (χ3n) is 4.99. The van der Waals surface area contributed by atoms with E-state index in [0.29, 0.717) is 34.3 Å². The lowest BCUT2D eigenvalue weighted by molar-refractivity contribution is 0.226. The van der Waals surface area contributed by atoms with Crippen LogP contribution >= 0.6 is 11.6 Å². The number of fused-ring (bicyclic) bond motifs is 1. The van der Waals surface area contributed by atoms with Gasteiger partial charge in [-0.15, -0.1) is 0 Å². The summed E-state index contributed by atoms with van der Waals surface area (Å²) in [7, 11) is 1.50. The molecule has 4 rings (SSSR count). The number of benzene rings is 2. The fourth-order valence-corrected chi connectivity index (χ4v) is 3.75. The predicted molar refractivity (Wildman–Crippen MR) is 111 cm³/mol. The van der Waals surface area contributed by atoms with Crippen molar-refractivity contribution in [2.75, 3.05) is 39.0 Å². The molecule has 29 heavy (non-hydrogen) atoms. The molecule has 2 aromatic carbocycles. The Morgan fingerprint density at radius 1 is 1.28 bits per heavy atom. The van der Waals surface area contributed by atoms with Gasteiger partial charge in [0.1, 0.15) is 22.9 Å². The Labute approximate surface area is 171 Å². The molecule has 1 aliphatic heterocycles. The SMILES string of the molecule is COc1cc(Cl)ccc1-n1c(CN2CCNCC2)nc2c(N)cc(F)cc2c1=O. The fraction of sp³-hybridized carbons (Fsp3) is 0.300. The molecule has 152 valence electrons. The van der Waals surface area contributed by atoms with Gasteiger partial charge in [-0.05, 0) is 24.3 Å². The van der Waals surface area contributed by atoms with Crippen LogP contribution in [0.15, 0.2) is 35.1 Å². The summed E-state index contributed by atoms with van der Waals surface area (Å²) in [5, 5.41) is 3.89. The molecule has 0 amide bonds. The molecule has 9 heteroatoms. The number of anilines is 1. The van der Waals surface area contributed by atoms with Gasteiger partial charge in [0.25, 0.3) is 5.56 Å². The largest absolute Gasteiger partial charge is 0.495 e. The monoisotopic (exact) mass is 417 g/mol. The summed E-state index contributed by atoms with van der Waals surface area (Å²) in [4.78, 5) is 20.3. The Morgan fingerprint density at radius 2 is 2.03 bits per heavy atom. The van der Waals surface area contributed by atoms with Gasteiger partial charge in [-0.3, -0.25) is 14.3 Å². The fourth-order valence-electron chi connectivity index (χ4n) is 3.58. The molecule has 0 unspecified atom stereocenters. The highest BCUT2D eigenvalue weighted by Crippen LogP contribution is 2.28. The van der Waals surface area contributed by atoms with Crippen LogP contribution in [0.4, 0.5) is 10.1 Å². The van der Waals surface area contributed by atoms with Gasteiger partial charge in [0.2, 0.25) is 0 Å². The first-order valence-electron chi connectivity index (χ1n) is 9.25. The summed E-state index contributed by atoms with van der Waals surface area (Å²) >= 11 is 6.09. The lowest BCUT2D eigenvalue weighted by Crippen LogP contribution is -2.44. The maximum atomic E-state index is 14.0. The number of rotatable bonds is 4. The second-order valence-electron chi connectivity index (χ2n) is 6.90. The van der Waals surface area contributed by atoms with Gasteiger partial charge in [0.05, 0.1) is 30.4 Å². The average molecular weight is 418 g/mol. The van der Waals surface area contributed by atoms with Gasteiger partial charge < -0.3 is 15.8 Å². The standard InChI is InChI=1S/C20H21ClFN5O2/c1-29-17-8-12(21)2-3-16(17)27-18(11-26-6-4-24-5-7-26)25-19-14(20(27)28)9-13(22)10-15(19)23/h2-3,8-10,24H,4-7,11,23H2,1H3. The highest BCUT2D eigenvalue weighted by Gasteiger charge is 2.21. The van der Waals surface area contributed by atoms with E-state index < -0.39 is 11.4 Å². The second-order valence-corrected chi connectivity index (χ2v) is 7.34. The van der Waals surface area contributed by atoms with Crippen molar-refractivity contribution in [1.29, 1.82) is 0 Å². The van der Waals surface area contributed by atoms with Crippen LogP contribution < -0.4 is 21.3 Å². The van der Waals surface area contributed by atoms with E-state index in [2.05, 4.69) is 15.2 Å². The first-order chi connectivity index (χ1) is 14.0. The summed E-state index contributed by atoms with van der Waals surface area (Å²) in [5.41, 5.74) is 6.49. The first kappa shape index (κ1) is 19.6. The topological polar surface area (TPSA) is 85.4 Å². The molecule has 0 saturated carbocycles. The Morgan fingerprint density at radius 3 is 2.76 bits per heavy atom. The third kappa shape index (κ3) is 3.78. The van der Waals surface area contributed by atoms with E-state index >= 15 is 0 Å². The van der Waals surface area contributed by atoms with E-state index in [1.165, 1.54) is 17.7 Å². The van der Waals surface area contributed by atoms with Crippen molar-refractivity contribution in [3.05, 3.63) is 57.3 Å². The molecular formula is C20H21ClFN5O2. The van der Waals surface area contributed by atoms with Crippen molar-refractivity contribution >= 4 is 28.2 Å². The van der Waals surface area contributed by atoms with Crippen LogP contribution in [0.3, 0.4) is 0 Å². The highest BCUT2D eigenvalue weighted by atomic mass is 35.5. The average Bonchev–Trinajstić information content (AvgIpc) is 2.70. The second kappa shape index (κ2) is 7.98. The number of hydrogen-bond donors (Lipinski definition) is 2. The van der Waals surface area contributed by atoms with Crippen LogP contribution in [-0.4, -0.2) is 47.7 Å². The third-order valence-corrected chi connectivity index (χ3v) is 5.23. The molecule has 3 N–H and O–H groups in total. The van der Waals surface area contributed by atoms with Gasteiger partial charge in [-0.25, -0.2) is 9.37 Å². The van der Waals surface area contributed by atoms with Crippen molar-refractivity contribution < 1.29 is 9.13 Å². The van der Waals surface area contributed by atoms with Crippen molar-refractivity contribution in [2.45, 2.75) is 6.54 Å². The summed E-state index contributed by atoms with van der Waals surface area (Å²) in [5.74, 6) is 0.341. The number of nitrogens with one attached hydrogen (secondary N) is 1. The van der Waals surface area contributed by atoms with Gasteiger partial charge in [0, 0.05) is 37.3 Å². The van der Waals surface area contributed by atoms with E-state index in [-0.39, 0.29) is 11.1 Å². The van der Waals surface area contributed by atoms with Gasteiger partial charge >= 0.3 is 0 Å². The van der Waals surface area contributed by atoms with E-state index in [4.69, 9.17) is 22.1 Å². The minimum absolute atomic E-state index is 0.114. The van der Waals surface area contributed by atoms with Crippen molar-refractivity contribution in [2.24, 2.45) is 0 Å². The van der Waals surface area contributed by atoms with E-state index in [1.54, 1.807) is 18.2 Å². The number of aromatic nitrogens is 2. The van der Waals surface area contributed by atoms with Crippen LogP contribution in [0.1, 0.15) is 5.82 Å².